The van der Waals surface area contributed by atoms with Crippen LogP contribution in [0.4, 0.5) is 0 Å². The highest BCUT2D eigenvalue weighted by Crippen LogP contribution is 2.37. The van der Waals surface area contributed by atoms with Crippen molar-refractivity contribution in [2.45, 2.75) is 19.4 Å². The summed E-state index contributed by atoms with van der Waals surface area (Å²) in [4.78, 5) is 0. The molecule has 88 valence electrons. The van der Waals surface area contributed by atoms with Crippen LogP contribution in [0.1, 0.15) is 24.1 Å². The zero-order chi connectivity index (χ0) is 11.6. The van der Waals surface area contributed by atoms with Gasteiger partial charge < -0.3 is 16.2 Å². The molecule has 0 spiro atoms. The summed E-state index contributed by atoms with van der Waals surface area (Å²) in [6.07, 6.45) is 1.06. The summed E-state index contributed by atoms with van der Waals surface area (Å²) in [5.41, 5.74) is 14.5. The molecular formula is C13H20N2O. The molecule has 1 fully saturated rings. The van der Waals surface area contributed by atoms with Gasteiger partial charge >= 0.3 is 0 Å². The largest absolute Gasteiger partial charge is 0.380 e. The first-order valence-corrected chi connectivity index (χ1v) is 5.84. The third kappa shape index (κ3) is 1.86. The van der Waals surface area contributed by atoms with Gasteiger partial charge in [0.25, 0.3) is 0 Å². The van der Waals surface area contributed by atoms with E-state index >= 15 is 0 Å². The van der Waals surface area contributed by atoms with Crippen LogP contribution in [0.25, 0.3) is 0 Å². The third-order valence-electron chi connectivity index (χ3n) is 3.59. The van der Waals surface area contributed by atoms with Crippen molar-refractivity contribution in [2.75, 3.05) is 19.8 Å². The quantitative estimate of drug-likeness (QED) is 0.802. The molecule has 1 aromatic rings. The molecule has 0 aliphatic carbocycles. The molecule has 1 atom stereocenters. The number of ether oxygens (including phenoxy) is 1. The summed E-state index contributed by atoms with van der Waals surface area (Å²) in [5, 5.41) is 0. The van der Waals surface area contributed by atoms with Gasteiger partial charge in [-0.3, -0.25) is 0 Å². The smallest absolute Gasteiger partial charge is 0.0575 e. The lowest BCUT2D eigenvalue weighted by Gasteiger charge is -2.45. The minimum absolute atomic E-state index is 0.0165. The molecule has 1 heterocycles. The summed E-state index contributed by atoms with van der Waals surface area (Å²) in [5.74, 6) is 0. The Labute approximate surface area is 96.8 Å². The maximum atomic E-state index is 6.28. The van der Waals surface area contributed by atoms with Crippen molar-refractivity contribution >= 4 is 0 Å². The highest BCUT2D eigenvalue weighted by Gasteiger charge is 2.43. The van der Waals surface area contributed by atoms with Crippen molar-refractivity contribution in [3.05, 3.63) is 35.4 Å². The number of hydrogen-bond acceptors (Lipinski definition) is 3. The third-order valence-corrected chi connectivity index (χ3v) is 3.59. The molecule has 1 aliphatic rings. The monoisotopic (exact) mass is 220 g/mol. The molecular weight excluding hydrogens is 200 g/mol. The van der Waals surface area contributed by atoms with Gasteiger partial charge in [-0.1, -0.05) is 31.2 Å². The zero-order valence-electron chi connectivity index (χ0n) is 9.78. The van der Waals surface area contributed by atoms with Gasteiger partial charge in [0, 0.05) is 18.0 Å². The van der Waals surface area contributed by atoms with Crippen LogP contribution >= 0.6 is 0 Å². The molecule has 2 rings (SSSR count). The molecule has 4 N–H and O–H groups in total. The maximum Gasteiger partial charge on any atom is 0.0575 e. The second-order valence-corrected chi connectivity index (χ2v) is 4.63. The average molecular weight is 220 g/mol. The fraction of sp³-hybridized carbons (Fsp3) is 0.538. The average Bonchev–Trinajstić information content (AvgIpc) is 2.28. The standard InChI is InChI=1S/C13H20N2O/c1-2-10-3-5-11(6-4-10)12(15)13(7-14)8-16-9-13/h3-6,12H,2,7-9,14-15H2,1H3. The van der Waals surface area contributed by atoms with Crippen molar-refractivity contribution in [3.63, 3.8) is 0 Å². The van der Waals surface area contributed by atoms with Crippen LogP contribution in [0.15, 0.2) is 24.3 Å². The van der Waals surface area contributed by atoms with Crippen LogP contribution in [-0.4, -0.2) is 19.8 Å². The van der Waals surface area contributed by atoms with Gasteiger partial charge in [0.15, 0.2) is 0 Å². The van der Waals surface area contributed by atoms with E-state index in [1.165, 1.54) is 5.56 Å². The van der Waals surface area contributed by atoms with Gasteiger partial charge in [-0.25, -0.2) is 0 Å². The van der Waals surface area contributed by atoms with Gasteiger partial charge in [0.2, 0.25) is 0 Å². The number of rotatable bonds is 4. The summed E-state index contributed by atoms with van der Waals surface area (Å²) in [7, 11) is 0. The van der Waals surface area contributed by atoms with Crippen molar-refractivity contribution in [3.8, 4) is 0 Å². The van der Waals surface area contributed by atoms with E-state index in [2.05, 4.69) is 31.2 Å². The van der Waals surface area contributed by atoms with Gasteiger partial charge in [-0.05, 0) is 17.5 Å². The van der Waals surface area contributed by atoms with Crippen LogP contribution in [0, 0.1) is 5.41 Å². The Morgan fingerprint density at radius 3 is 2.31 bits per heavy atom. The normalized spacial score (nSPS) is 20.2. The van der Waals surface area contributed by atoms with Crippen molar-refractivity contribution in [1.29, 1.82) is 0 Å². The first-order valence-electron chi connectivity index (χ1n) is 5.84. The van der Waals surface area contributed by atoms with Crippen molar-refractivity contribution < 1.29 is 4.74 Å². The van der Waals surface area contributed by atoms with Crippen LogP contribution in [-0.2, 0) is 11.2 Å². The SMILES string of the molecule is CCc1ccc(C(N)C2(CN)COC2)cc1. The van der Waals surface area contributed by atoms with Gasteiger partial charge in [0.05, 0.1) is 13.2 Å². The first kappa shape index (κ1) is 11.6. The molecule has 1 saturated heterocycles. The molecule has 3 heteroatoms. The van der Waals surface area contributed by atoms with Gasteiger partial charge in [-0.15, -0.1) is 0 Å². The molecule has 16 heavy (non-hydrogen) atoms. The van der Waals surface area contributed by atoms with E-state index in [0.29, 0.717) is 19.8 Å². The molecule has 0 radical (unpaired) electrons. The second-order valence-electron chi connectivity index (χ2n) is 4.63. The number of hydrogen-bond donors (Lipinski definition) is 2. The van der Waals surface area contributed by atoms with Crippen molar-refractivity contribution in [1.82, 2.24) is 0 Å². The van der Waals surface area contributed by atoms with Crippen LogP contribution < -0.4 is 11.5 Å². The van der Waals surface area contributed by atoms with E-state index in [4.69, 9.17) is 16.2 Å². The number of nitrogens with two attached hydrogens (primary N) is 2. The van der Waals surface area contributed by atoms with Gasteiger partial charge in [-0.2, -0.15) is 0 Å². The Bertz CT molecular complexity index is 338. The fourth-order valence-electron chi connectivity index (χ4n) is 2.10. The topological polar surface area (TPSA) is 61.3 Å². The first-order chi connectivity index (χ1) is 7.72. The van der Waals surface area contributed by atoms with E-state index in [1.54, 1.807) is 0 Å². The minimum atomic E-state index is -0.0479. The number of aryl methyl sites for hydroxylation is 1. The van der Waals surface area contributed by atoms with Crippen LogP contribution in [0.2, 0.25) is 0 Å². The highest BCUT2D eigenvalue weighted by atomic mass is 16.5. The second kappa shape index (κ2) is 4.53. The summed E-state index contributed by atoms with van der Waals surface area (Å²) in [6.45, 7) is 4.10. The molecule has 1 aromatic carbocycles. The number of benzene rings is 1. The van der Waals surface area contributed by atoms with Gasteiger partial charge in [0.1, 0.15) is 0 Å². The summed E-state index contributed by atoms with van der Waals surface area (Å²) >= 11 is 0. The van der Waals surface area contributed by atoms with E-state index in [1.807, 2.05) is 0 Å². The van der Waals surface area contributed by atoms with E-state index in [0.717, 1.165) is 12.0 Å². The predicted octanol–water partition coefficient (Wildman–Crippen LogP) is 1.22. The maximum absolute atomic E-state index is 6.28. The van der Waals surface area contributed by atoms with E-state index < -0.39 is 0 Å². The lowest BCUT2D eigenvalue weighted by Crippen LogP contribution is -2.54. The molecule has 0 amide bonds. The Morgan fingerprint density at radius 1 is 1.31 bits per heavy atom. The summed E-state index contributed by atoms with van der Waals surface area (Å²) in [6, 6.07) is 8.48. The highest BCUT2D eigenvalue weighted by molar-refractivity contribution is 5.27. The molecule has 0 bridgehead atoms. The van der Waals surface area contributed by atoms with E-state index in [9.17, 15) is 0 Å². The van der Waals surface area contributed by atoms with Crippen LogP contribution in [0.5, 0.6) is 0 Å². The molecule has 0 aromatic heterocycles. The molecule has 3 nitrogen and oxygen atoms in total. The molecule has 0 saturated carbocycles. The predicted molar refractivity (Wildman–Crippen MR) is 65.1 cm³/mol. The Balaban J connectivity index is 2.16. The Kier molecular flexibility index (Phi) is 3.28. The zero-order valence-corrected chi connectivity index (χ0v) is 9.78. The Hall–Kier alpha value is -0.900. The Morgan fingerprint density at radius 2 is 1.94 bits per heavy atom. The lowest BCUT2D eigenvalue weighted by atomic mass is 9.75. The summed E-state index contributed by atoms with van der Waals surface area (Å²) < 4.78 is 5.26. The van der Waals surface area contributed by atoms with Crippen LogP contribution in [0.3, 0.4) is 0 Å². The fourth-order valence-corrected chi connectivity index (χ4v) is 2.10. The molecule has 1 aliphatic heterocycles. The molecule has 1 unspecified atom stereocenters. The van der Waals surface area contributed by atoms with Crippen molar-refractivity contribution in [2.24, 2.45) is 16.9 Å². The lowest BCUT2D eigenvalue weighted by molar-refractivity contribution is -0.121. The van der Waals surface area contributed by atoms with E-state index in [-0.39, 0.29) is 11.5 Å². The minimum Gasteiger partial charge on any atom is -0.380 e.